The van der Waals surface area contributed by atoms with Crippen LogP contribution in [-0.2, 0) is 4.79 Å². The number of hydrogen-bond donors (Lipinski definition) is 2. The van der Waals surface area contributed by atoms with Gasteiger partial charge in [-0.25, -0.2) is 0 Å². The van der Waals surface area contributed by atoms with Gasteiger partial charge in [0.1, 0.15) is 0 Å². The van der Waals surface area contributed by atoms with Gasteiger partial charge in [-0.15, -0.1) is 0 Å². The van der Waals surface area contributed by atoms with Crippen LogP contribution in [0, 0.1) is 5.41 Å². The summed E-state index contributed by atoms with van der Waals surface area (Å²) in [5.41, 5.74) is -0.129. The van der Waals surface area contributed by atoms with Crippen molar-refractivity contribution in [1.82, 2.24) is 5.32 Å². The normalized spacial score (nSPS) is 31.4. The Hall–Kier alpha value is -0.570. The molecule has 0 aromatic rings. The van der Waals surface area contributed by atoms with Crippen molar-refractivity contribution < 1.29 is 9.90 Å². The van der Waals surface area contributed by atoms with Crippen LogP contribution < -0.4 is 5.32 Å². The molecule has 1 rings (SSSR count). The number of aliphatic carboxylic acids is 1. The number of carbonyl (C=O) groups is 1. The second-order valence-electron chi connectivity index (χ2n) is 4.99. The molecular weight excluding hydrogens is 178 g/mol. The van der Waals surface area contributed by atoms with Crippen molar-refractivity contribution >= 4 is 5.97 Å². The zero-order valence-electron chi connectivity index (χ0n) is 9.39. The molecule has 1 saturated carbocycles. The van der Waals surface area contributed by atoms with Crippen molar-refractivity contribution in [3.63, 3.8) is 0 Å². The number of carboxylic acid groups (broad SMARTS) is 1. The molecule has 0 bridgehead atoms. The molecule has 82 valence electrons. The van der Waals surface area contributed by atoms with Crippen molar-refractivity contribution in [2.24, 2.45) is 5.41 Å². The van der Waals surface area contributed by atoms with E-state index in [1.165, 1.54) is 6.42 Å². The minimum absolute atomic E-state index is 0.0817. The van der Waals surface area contributed by atoms with Gasteiger partial charge in [-0.2, -0.15) is 0 Å². The SMILES string of the molecule is CNC1(CC(=O)O)CCCCC1(C)C. The van der Waals surface area contributed by atoms with Gasteiger partial charge in [-0.05, 0) is 25.3 Å². The highest BCUT2D eigenvalue weighted by Gasteiger charge is 2.46. The third-order valence-corrected chi connectivity index (χ3v) is 3.88. The first-order valence-electron chi connectivity index (χ1n) is 5.34. The summed E-state index contributed by atoms with van der Waals surface area (Å²) in [6, 6.07) is 0. The van der Waals surface area contributed by atoms with Crippen LogP contribution in [0.1, 0.15) is 46.0 Å². The van der Waals surface area contributed by atoms with E-state index in [9.17, 15) is 4.79 Å². The Kier molecular flexibility index (Phi) is 3.20. The summed E-state index contributed by atoms with van der Waals surface area (Å²) >= 11 is 0. The van der Waals surface area contributed by atoms with E-state index in [0.29, 0.717) is 0 Å². The van der Waals surface area contributed by atoms with Crippen LogP contribution in [0.4, 0.5) is 0 Å². The molecule has 0 heterocycles. The van der Waals surface area contributed by atoms with Gasteiger partial charge in [-0.1, -0.05) is 26.7 Å². The van der Waals surface area contributed by atoms with E-state index in [1.807, 2.05) is 7.05 Å². The second kappa shape index (κ2) is 3.89. The summed E-state index contributed by atoms with van der Waals surface area (Å²) in [6.07, 6.45) is 4.67. The molecule has 0 aromatic heterocycles. The van der Waals surface area contributed by atoms with Gasteiger partial charge < -0.3 is 10.4 Å². The fourth-order valence-electron chi connectivity index (χ4n) is 2.71. The maximum atomic E-state index is 10.9. The standard InChI is InChI=1S/C11H21NO2/c1-10(2)6-4-5-7-11(10,12-3)8-9(13)14/h12H,4-8H2,1-3H3,(H,13,14). The van der Waals surface area contributed by atoms with E-state index in [0.717, 1.165) is 19.3 Å². The summed E-state index contributed by atoms with van der Waals surface area (Å²) in [5.74, 6) is -0.700. The van der Waals surface area contributed by atoms with Gasteiger partial charge in [0.2, 0.25) is 0 Å². The molecule has 1 atom stereocenters. The predicted octanol–water partition coefficient (Wildman–Crippen LogP) is 2.02. The monoisotopic (exact) mass is 199 g/mol. The summed E-state index contributed by atoms with van der Waals surface area (Å²) in [4.78, 5) is 10.9. The van der Waals surface area contributed by atoms with Gasteiger partial charge >= 0.3 is 5.97 Å². The quantitative estimate of drug-likeness (QED) is 0.731. The van der Waals surface area contributed by atoms with E-state index in [4.69, 9.17) is 5.11 Å². The van der Waals surface area contributed by atoms with Crippen LogP contribution in [-0.4, -0.2) is 23.7 Å². The lowest BCUT2D eigenvalue weighted by molar-refractivity contribution is -0.141. The molecule has 3 heteroatoms. The largest absolute Gasteiger partial charge is 0.481 e. The molecule has 0 saturated heterocycles. The summed E-state index contributed by atoms with van der Waals surface area (Å²) < 4.78 is 0. The smallest absolute Gasteiger partial charge is 0.305 e. The number of hydrogen-bond acceptors (Lipinski definition) is 2. The highest BCUT2D eigenvalue weighted by atomic mass is 16.4. The fourth-order valence-corrected chi connectivity index (χ4v) is 2.71. The Morgan fingerprint density at radius 2 is 1.93 bits per heavy atom. The molecular formula is C11H21NO2. The molecule has 0 aromatic carbocycles. The van der Waals surface area contributed by atoms with E-state index in [2.05, 4.69) is 19.2 Å². The maximum absolute atomic E-state index is 10.9. The first-order valence-corrected chi connectivity index (χ1v) is 5.34. The minimum Gasteiger partial charge on any atom is -0.481 e. The molecule has 1 aliphatic rings. The zero-order valence-corrected chi connectivity index (χ0v) is 9.39. The summed E-state index contributed by atoms with van der Waals surface area (Å²) in [5, 5.41) is 12.2. The second-order valence-corrected chi connectivity index (χ2v) is 4.99. The molecule has 1 fully saturated rings. The molecule has 3 nitrogen and oxygen atoms in total. The minimum atomic E-state index is -0.700. The number of rotatable bonds is 3. The van der Waals surface area contributed by atoms with E-state index in [-0.39, 0.29) is 17.4 Å². The van der Waals surface area contributed by atoms with Crippen molar-refractivity contribution in [2.75, 3.05) is 7.05 Å². The van der Waals surface area contributed by atoms with Crippen LogP contribution in [0.3, 0.4) is 0 Å². The Morgan fingerprint density at radius 1 is 1.36 bits per heavy atom. The molecule has 0 radical (unpaired) electrons. The van der Waals surface area contributed by atoms with E-state index < -0.39 is 5.97 Å². The highest BCUT2D eigenvalue weighted by Crippen LogP contribution is 2.45. The van der Waals surface area contributed by atoms with E-state index >= 15 is 0 Å². The van der Waals surface area contributed by atoms with Crippen LogP contribution in [0.2, 0.25) is 0 Å². The lowest BCUT2D eigenvalue weighted by atomic mass is 9.62. The molecule has 14 heavy (non-hydrogen) atoms. The van der Waals surface area contributed by atoms with Crippen molar-refractivity contribution in [3.8, 4) is 0 Å². The summed E-state index contributed by atoms with van der Waals surface area (Å²) in [6.45, 7) is 4.34. The molecule has 1 aliphatic carbocycles. The number of nitrogens with one attached hydrogen (secondary N) is 1. The summed E-state index contributed by atoms with van der Waals surface area (Å²) in [7, 11) is 1.88. The van der Waals surface area contributed by atoms with Crippen LogP contribution in [0.15, 0.2) is 0 Å². The predicted molar refractivity (Wildman–Crippen MR) is 56.3 cm³/mol. The molecule has 2 N–H and O–H groups in total. The zero-order chi connectivity index (χ0) is 10.8. The van der Waals surface area contributed by atoms with Crippen molar-refractivity contribution in [3.05, 3.63) is 0 Å². The van der Waals surface area contributed by atoms with Gasteiger partial charge in [0, 0.05) is 5.54 Å². The Bertz CT molecular complexity index is 225. The Morgan fingerprint density at radius 3 is 2.36 bits per heavy atom. The van der Waals surface area contributed by atoms with Crippen LogP contribution in [0.25, 0.3) is 0 Å². The third-order valence-electron chi connectivity index (χ3n) is 3.88. The van der Waals surface area contributed by atoms with Gasteiger partial charge in [0.05, 0.1) is 6.42 Å². The topological polar surface area (TPSA) is 49.3 Å². The number of carboxylic acids is 1. The Labute approximate surface area is 85.9 Å². The molecule has 0 amide bonds. The van der Waals surface area contributed by atoms with Crippen LogP contribution in [0.5, 0.6) is 0 Å². The molecule has 0 aliphatic heterocycles. The fraction of sp³-hybridized carbons (Fsp3) is 0.909. The van der Waals surface area contributed by atoms with E-state index in [1.54, 1.807) is 0 Å². The van der Waals surface area contributed by atoms with Gasteiger partial charge in [0.15, 0.2) is 0 Å². The highest BCUT2D eigenvalue weighted by molar-refractivity contribution is 5.68. The lowest BCUT2D eigenvalue weighted by Crippen LogP contribution is -2.57. The first-order chi connectivity index (χ1) is 6.43. The average Bonchev–Trinajstić information content (AvgIpc) is 2.08. The van der Waals surface area contributed by atoms with Gasteiger partial charge in [-0.3, -0.25) is 4.79 Å². The van der Waals surface area contributed by atoms with Gasteiger partial charge in [0.25, 0.3) is 0 Å². The van der Waals surface area contributed by atoms with Crippen molar-refractivity contribution in [2.45, 2.75) is 51.5 Å². The van der Waals surface area contributed by atoms with Crippen LogP contribution >= 0.6 is 0 Å². The third kappa shape index (κ3) is 1.92. The lowest BCUT2D eigenvalue weighted by Gasteiger charge is -2.49. The maximum Gasteiger partial charge on any atom is 0.305 e. The first kappa shape index (κ1) is 11.5. The average molecular weight is 199 g/mol. The Balaban J connectivity index is 2.88. The molecule has 0 spiro atoms. The molecule has 1 unspecified atom stereocenters. The van der Waals surface area contributed by atoms with Crippen molar-refractivity contribution in [1.29, 1.82) is 0 Å².